The van der Waals surface area contributed by atoms with Gasteiger partial charge in [0.2, 0.25) is 5.82 Å². The summed E-state index contributed by atoms with van der Waals surface area (Å²) in [5.41, 5.74) is -1.43. The molecule has 1 aromatic carbocycles. The van der Waals surface area contributed by atoms with Gasteiger partial charge in [-0.1, -0.05) is 0 Å². The highest BCUT2D eigenvalue weighted by atomic mass is 35.5. The highest BCUT2D eigenvalue weighted by molar-refractivity contribution is 6.18. The molecule has 1 aliphatic rings. The van der Waals surface area contributed by atoms with Crippen LogP contribution in [0.15, 0.2) is 0 Å². The number of alkyl halides is 1. The first-order valence-electron chi connectivity index (χ1n) is 6.28. The Morgan fingerprint density at radius 1 is 1.00 bits per heavy atom. The van der Waals surface area contributed by atoms with E-state index >= 15 is 0 Å². The number of hydrogen-bond acceptors (Lipinski definition) is 1. The number of likely N-dealkylation sites (tertiary alicyclic amines) is 1. The van der Waals surface area contributed by atoms with E-state index in [4.69, 9.17) is 11.6 Å². The summed E-state index contributed by atoms with van der Waals surface area (Å²) in [4.78, 5) is 13.2. The molecule has 1 aromatic rings. The first-order chi connectivity index (χ1) is 9.90. The quantitative estimate of drug-likeness (QED) is 0.352. The summed E-state index contributed by atoms with van der Waals surface area (Å²) < 4.78 is 66.6. The smallest absolute Gasteiger partial charge is 0.260 e. The molecular weight excluding hydrogens is 317 g/mol. The summed E-state index contributed by atoms with van der Waals surface area (Å²) >= 11 is 5.68. The molecule has 1 amide bonds. The van der Waals surface area contributed by atoms with Crippen LogP contribution in [-0.4, -0.2) is 29.3 Å². The molecule has 1 fully saturated rings. The normalized spacial score (nSPS) is 19.0. The molecular formula is C13H11ClF5NO. The van der Waals surface area contributed by atoms with Crippen LogP contribution >= 0.6 is 11.6 Å². The molecule has 2 nitrogen and oxygen atoms in total. The predicted octanol–water partition coefficient (Wildman–Crippen LogP) is 3.62. The zero-order chi connectivity index (χ0) is 15.7. The largest absolute Gasteiger partial charge is 0.334 e. The van der Waals surface area contributed by atoms with Gasteiger partial charge in [-0.2, -0.15) is 0 Å². The van der Waals surface area contributed by atoms with Crippen molar-refractivity contribution in [2.24, 2.45) is 0 Å². The maximum absolute atomic E-state index is 13.6. The van der Waals surface area contributed by atoms with E-state index in [-0.39, 0.29) is 12.4 Å². The van der Waals surface area contributed by atoms with Crippen molar-refractivity contribution < 1.29 is 26.7 Å². The molecule has 21 heavy (non-hydrogen) atoms. The maximum Gasteiger partial charge on any atom is 0.260 e. The van der Waals surface area contributed by atoms with Crippen LogP contribution in [0.3, 0.4) is 0 Å². The summed E-state index contributed by atoms with van der Waals surface area (Å²) in [5.74, 6) is -12.0. The second kappa shape index (κ2) is 6.17. The molecule has 2 rings (SSSR count). The van der Waals surface area contributed by atoms with Crippen LogP contribution in [-0.2, 0) is 0 Å². The number of halogens is 6. The van der Waals surface area contributed by atoms with E-state index in [1.165, 1.54) is 0 Å². The zero-order valence-electron chi connectivity index (χ0n) is 10.7. The molecule has 0 N–H and O–H groups in total. The van der Waals surface area contributed by atoms with Gasteiger partial charge in [0.15, 0.2) is 23.3 Å². The minimum atomic E-state index is -2.28. The maximum atomic E-state index is 13.6. The van der Waals surface area contributed by atoms with Crippen LogP contribution in [0.4, 0.5) is 22.0 Å². The van der Waals surface area contributed by atoms with Crippen LogP contribution in [0.1, 0.15) is 29.6 Å². The first-order valence-corrected chi connectivity index (χ1v) is 6.82. The van der Waals surface area contributed by atoms with E-state index in [0.29, 0.717) is 12.8 Å². The summed E-state index contributed by atoms with van der Waals surface area (Å²) in [5, 5.41) is 0. The van der Waals surface area contributed by atoms with Crippen molar-refractivity contribution in [2.75, 3.05) is 12.4 Å². The number of hydrogen-bond donors (Lipinski definition) is 0. The lowest BCUT2D eigenvalue weighted by molar-refractivity contribution is 0.0625. The Morgan fingerprint density at radius 3 is 2.05 bits per heavy atom. The number of amides is 1. The summed E-state index contributed by atoms with van der Waals surface area (Å²) in [7, 11) is 0. The SMILES string of the molecule is O=C(c1c(F)c(F)c(F)c(F)c1F)N1CCCCC1CCl. The number of carbonyl (C=O) groups excluding carboxylic acids is 1. The van der Waals surface area contributed by atoms with Crippen LogP contribution in [0.5, 0.6) is 0 Å². The van der Waals surface area contributed by atoms with E-state index in [0.717, 1.165) is 11.3 Å². The third-order valence-corrected chi connectivity index (χ3v) is 3.85. The number of nitrogens with zero attached hydrogens (tertiary/aromatic N) is 1. The number of piperidine rings is 1. The van der Waals surface area contributed by atoms with Crippen molar-refractivity contribution in [1.29, 1.82) is 0 Å². The Balaban J connectivity index is 2.48. The Labute approximate surface area is 122 Å². The van der Waals surface area contributed by atoms with Crippen LogP contribution in [0.2, 0.25) is 0 Å². The van der Waals surface area contributed by atoms with Gasteiger partial charge in [0.1, 0.15) is 5.56 Å². The molecule has 1 aliphatic heterocycles. The van der Waals surface area contributed by atoms with Gasteiger partial charge in [-0.15, -0.1) is 11.6 Å². The van der Waals surface area contributed by atoms with Crippen molar-refractivity contribution in [3.05, 3.63) is 34.6 Å². The van der Waals surface area contributed by atoms with Crippen molar-refractivity contribution in [2.45, 2.75) is 25.3 Å². The van der Waals surface area contributed by atoms with Gasteiger partial charge in [0.05, 0.1) is 0 Å². The monoisotopic (exact) mass is 327 g/mol. The van der Waals surface area contributed by atoms with Gasteiger partial charge < -0.3 is 4.90 Å². The molecule has 1 heterocycles. The van der Waals surface area contributed by atoms with Gasteiger partial charge >= 0.3 is 0 Å². The average Bonchev–Trinajstić information content (AvgIpc) is 2.51. The van der Waals surface area contributed by atoms with E-state index in [1.54, 1.807) is 0 Å². The number of rotatable bonds is 2. The fourth-order valence-corrected chi connectivity index (χ4v) is 2.69. The minimum Gasteiger partial charge on any atom is -0.334 e. The summed E-state index contributed by atoms with van der Waals surface area (Å²) in [6.07, 6.45) is 1.87. The Kier molecular flexibility index (Phi) is 4.70. The highest BCUT2D eigenvalue weighted by Crippen LogP contribution is 2.27. The van der Waals surface area contributed by atoms with Gasteiger partial charge in [-0.25, -0.2) is 22.0 Å². The number of carbonyl (C=O) groups is 1. The molecule has 8 heteroatoms. The van der Waals surface area contributed by atoms with Crippen molar-refractivity contribution in [3.63, 3.8) is 0 Å². The fourth-order valence-electron chi connectivity index (χ4n) is 2.36. The lowest BCUT2D eigenvalue weighted by Gasteiger charge is -2.34. The molecule has 0 spiro atoms. The highest BCUT2D eigenvalue weighted by Gasteiger charge is 2.35. The Hall–Kier alpha value is -1.37. The molecule has 1 unspecified atom stereocenters. The zero-order valence-corrected chi connectivity index (χ0v) is 11.5. The van der Waals surface area contributed by atoms with E-state index in [1.807, 2.05) is 0 Å². The summed E-state index contributed by atoms with van der Waals surface area (Å²) in [6.45, 7) is 0.162. The molecule has 116 valence electrons. The van der Waals surface area contributed by atoms with Gasteiger partial charge in [-0.05, 0) is 19.3 Å². The van der Waals surface area contributed by atoms with Gasteiger partial charge in [0.25, 0.3) is 5.91 Å². The third kappa shape index (κ3) is 2.71. The molecule has 0 saturated carbocycles. The molecule has 0 aromatic heterocycles. The van der Waals surface area contributed by atoms with E-state index < -0.39 is 46.6 Å². The second-order valence-corrected chi connectivity index (χ2v) is 5.06. The predicted molar refractivity (Wildman–Crippen MR) is 65.6 cm³/mol. The molecule has 0 aliphatic carbocycles. The Morgan fingerprint density at radius 2 is 1.52 bits per heavy atom. The van der Waals surface area contributed by atoms with E-state index in [2.05, 4.69) is 0 Å². The van der Waals surface area contributed by atoms with Crippen LogP contribution in [0, 0.1) is 29.1 Å². The topological polar surface area (TPSA) is 20.3 Å². The Bertz CT molecular complexity index is 551. The lowest BCUT2D eigenvalue weighted by Crippen LogP contribution is -2.45. The third-order valence-electron chi connectivity index (χ3n) is 3.49. The van der Waals surface area contributed by atoms with Crippen LogP contribution < -0.4 is 0 Å². The number of benzene rings is 1. The molecule has 1 atom stereocenters. The average molecular weight is 328 g/mol. The minimum absolute atomic E-state index is 0.0289. The van der Waals surface area contributed by atoms with Gasteiger partial charge in [0, 0.05) is 18.5 Å². The standard InChI is InChI=1S/C13H11ClF5NO/c14-5-6-3-1-2-4-20(6)13(21)7-8(15)10(17)12(19)11(18)9(7)16/h6H,1-5H2. The lowest BCUT2D eigenvalue weighted by atomic mass is 10.0. The molecule has 0 bridgehead atoms. The van der Waals surface area contributed by atoms with Crippen molar-refractivity contribution in [3.8, 4) is 0 Å². The van der Waals surface area contributed by atoms with Crippen molar-refractivity contribution in [1.82, 2.24) is 4.90 Å². The second-order valence-electron chi connectivity index (χ2n) is 4.75. The van der Waals surface area contributed by atoms with Crippen molar-refractivity contribution >= 4 is 17.5 Å². The fraction of sp³-hybridized carbons (Fsp3) is 0.462. The summed E-state index contributed by atoms with van der Waals surface area (Å²) in [6, 6.07) is -0.483. The van der Waals surface area contributed by atoms with Gasteiger partial charge in [-0.3, -0.25) is 4.79 Å². The van der Waals surface area contributed by atoms with E-state index in [9.17, 15) is 26.7 Å². The molecule has 0 radical (unpaired) electrons. The molecule has 1 saturated heterocycles. The first kappa shape index (κ1) is 16.0. The van der Waals surface area contributed by atoms with Crippen LogP contribution in [0.25, 0.3) is 0 Å².